The lowest BCUT2D eigenvalue weighted by Crippen LogP contribution is -2.38. The highest BCUT2D eigenvalue weighted by Gasteiger charge is 2.16. The van der Waals surface area contributed by atoms with Gasteiger partial charge in [-0.3, -0.25) is 4.79 Å². The number of nitrogens with zero attached hydrogens (tertiary/aromatic N) is 1. The smallest absolute Gasteiger partial charge is 0.253 e. The molecule has 1 fully saturated rings. The van der Waals surface area contributed by atoms with Crippen molar-refractivity contribution in [2.24, 2.45) is 0 Å². The summed E-state index contributed by atoms with van der Waals surface area (Å²) in [6, 6.07) is 3.84. The van der Waals surface area contributed by atoms with Gasteiger partial charge in [-0.05, 0) is 31.9 Å². The number of carbonyl (C=O) groups excluding carboxylic acids is 1. The van der Waals surface area contributed by atoms with E-state index in [1.54, 1.807) is 12.3 Å². The van der Waals surface area contributed by atoms with Crippen LogP contribution in [0.15, 0.2) is 18.3 Å². The molecule has 1 aromatic rings. The average molecular weight is 249 g/mol. The van der Waals surface area contributed by atoms with Gasteiger partial charge in [-0.2, -0.15) is 0 Å². The van der Waals surface area contributed by atoms with Crippen molar-refractivity contribution in [3.8, 4) is 0 Å². The Hall–Kier alpha value is -1.62. The van der Waals surface area contributed by atoms with Gasteiger partial charge in [0.2, 0.25) is 0 Å². The number of pyridine rings is 1. The number of hydrogen-bond acceptors (Lipinski definition) is 4. The van der Waals surface area contributed by atoms with Gasteiger partial charge in [0.05, 0.1) is 5.56 Å². The number of carbonyl (C=O) groups is 1. The van der Waals surface area contributed by atoms with Gasteiger partial charge in [0, 0.05) is 32.0 Å². The van der Waals surface area contributed by atoms with E-state index in [0.717, 1.165) is 38.4 Å². The van der Waals surface area contributed by atoms with E-state index in [-0.39, 0.29) is 11.9 Å². The summed E-state index contributed by atoms with van der Waals surface area (Å²) in [5.41, 5.74) is 0.600. The van der Waals surface area contributed by atoms with E-state index in [4.69, 9.17) is 4.74 Å². The predicted molar refractivity (Wildman–Crippen MR) is 69.7 cm³/mol. The molecule has 1 aromatic heterocycles. The van der Waals surface area contributed by atoms with Crippen molar-refractivity contribution in [3.05, 3.63) is 23.9 Å². The van der Waals surface area contributed by atoms with Crippen LogP contribution in [0.5, 0.6) is 0 Å². The maximum absolute atomic E-state index is 12.0. The lowest BCUT2D eigenvalue weighted by Gasteiger charge is -2.23. The lowest BCUT2D eigenvalue weighted by atomic mass is 10.1. The Balaban J connectivity index is 1.91. The molecule has 5 heteroatoms. The van der Waals surface area contributed by atoms with Crippen LogP contribution in [-0.2, 0) is 4.74 Å². The first-order chi connectivity index (χ1) is 8.79. The van der Waals surface area contributed by atoms with Crippen LogP contribution in [0.25, 0.3) is 0 Å². The topological polar surface area (TPSA) is 63.2 Å². The number of hydrogen-bond donors (Lipinski definition) is 2. The molecule has 0 radical (unpaired) electrons. The first-order valence-electron chi connectivity index (χ1n) is 6.38. The molecule has 5 nitrogen and oxygen atoms in total. The second kappa shape index (κ2) is 6.35. The molecule has 18 heavy (non-hydrogen) atoms. The molecule has 98 valence electrons. The third-order valence-electron chi connectivity index (χ3n) is 2.94. The van der Waals surface area contributed by atoms with Crippen LogP contribution in [-0.4, -0.2) is 36.7 Å². The van der Waals surface area contributed by atoms with Gasteiger partial charge in [0.15, 0.2) is 0 Å². The maximum Gasteiger partial charge on any atom is 0.253 e. The second-order valence-corrected chi connectivity index (χ2v) is 4.32. The summed E-state index contributed by atoms with van der Waals surface area (Å²) in [5.74, 6) is 0.734. The molecule has 1 aliphatic heterocycles. The summed E-state index contributed by atoms with van der Waals surface area (Å²) in [6.45, 7) is 4.28. The van der Waals surface area contributed by atoms with Gasteiger partial charge in [0.25, 0.3) is 5.91 Å². The molecule has 1 saturated heterocycles. The van der Waals surface area contributed by atoms with Crippen LogP contribution >= 0.6 is 0 Å². The van der Waals surface area contributed by atoms with E-state index in [1.807, 2.05) is 13.0 Å². The minimum Gasteiger partial charge on any atom is -0.381 e. The molecule has 0 saturated carbocycles. The monoisotopic (exact) mass is 249 g/mol. The molecular formula is C13H19N3O2. The highest BCUT2D eigenvalue weighted by molar-refractivity contribution is 5.94. The zero-order valence-electron chi connectivity index (χ0n) is 10.6. The fraction of sp³-hybridized carbons (Fsp3) is 0.538. The summed E-state index contributed by atoms with van der Waals surface area (Å²) in [6.07, 6.45) is 3.37. The van der Waals surface area contributed by atoms with Crippen LogP contribution < -0.4 is 10.6 Å². The molecule has 1 amide bonds. The fourth-order valence-corrected chi connectivity index (χ4v) is 1.92. The van der Waals surface area contributed by atoms with Crippen LogP contribution in [0.3, 0.4) is 0 Å². The van der Waals surface area contributed by atoms with Gasteiger partial charge in [-0.1, -0.05) is 0 Å². The predicted octanol–water partition coefficient (Wildman–Crippen LogP) is 1.42. The SMILES string of the molecule is CCNc1ccc(C(=O)NC2CCOCC2)cn1. The normalized spacial score (nSPS) is 16.3. The van der Waals surface area contributed by atoms with Crippen molar-refractivity contribution >= 4 is 11.7 Å². The summed E-state index contributed by atoms with van der Waals surface area (Å²) in [4.78, 5) is 16.2. The highest BCUT2D eigenvalue weighted by atomic mass is 16.5. The van der Waals surface area contributed by atoms with Gasteiger partial charge >= 0.3 is 0 Å². The van der Waals surface area contributed by atoms with Crippen LogP contribution in [0, 0.1) is 0 Å². The summed E-state index contributed by atoms with van der Waals surface area (Å²) in [5, 5.41) is 6.10. The Kier molecular flexibility index (Phi) is 4.52. The van der Waals surface area contributed by atoms with Crippen LogP contribution in [0.4, 0.5) is 5.82 Å². The van der Waals surface area contributed by atoms with Crippen LogP contribution in [0.2, 0.25) is 0 Å². The fourth-order valence-electron chi connectivity index (χ4n) is 1.92. The van der Waals surface area contributed by atoms with Gasteiger partial charge in [0.1, 0.15) is 5.82 Å². The van der Waals surface area contributed by atoms with Crippen molar-refractivity contribution in [2.75, 3.05) is 25.1 Å². The molecule has 2 heterocycles. The first kappa shape index (κ1) is 12.8. The van der Waals surface area contributed by atoms with Crippen LogP contribution in [0.1, 0.15) is 30.1 Å². The number of amides is 1. The molecule has 2 N–H and O–H groups in total. The molecule has 0 spiro atoms. The third-order valence-corrected chi connectivity index (χ3v) is 2.94. The van der Waals surface area contributed by atoms with Gasteiger partial charge in [-0.15, -0.1) is 0 Å². The Labute approximate surface area is 107 Å². The molecule has 1 aliphatic rings. The number of rotatable bonds is 4. The minimum absolute atomic E-state index is 0.0579. The van der Waals surface area contributed by atoms with Crippen molar-refractivity contribution in [1.82, 2.24) is 10.3 Å². The zero-order chi connectivity index (χ0) is 12.8. The minimum atomic E-state index is -0.0579. The Morgan fingerprint density at radius 1 is 1.44 bits per heavy atom. The average Bonchev–Trinajstić information content (AvgIpc) is 2.41. The highest BCUT2D eigenvalue weighted by Crippen LogP contribution is 2.09. The molecule has 0 atom stereocenters. The maximum atomic E-state index is 12.0. The van der Waals surface area contributed by atoms with Crippen molar-refractivity contribution < 1.29 is 9.53 Å². The van der Waals surface area contributed by atoms with Gasteiger partial charge < -0.3 is 15.4 Å². The standard InChI is InChI=1S/C13H19N3O2/c1-2-14-12-4-3-10(9-15-12)13(17)16-11-5-7-18-8-6-11/h3-4,9,11H,2,5-8H2,1H3,(H,14,15)(H,16,17). The molecule has 0 aliphatic carbocycles. The van der Waals surface area contributed by atoms with Gasteiger partial charge in [-0.25, -0.2) is 4.98 Å². The quantitative estimate of drug-likeness (QED) is 0.847. The molecule has 0 bridgehead atoms. The summed E-state index contributed by atoms with van der Waals surface area (Å²) >= 11 is 0. The summed E-state index contributed by atoms with van der Waals surface area (Å²) in [7, 11) is 0. The largest absolute Gasteiger partial charge is 0.381 e. The number of nitrogens with one attached hydrogen (secondary N) is 2. The molecule has 0 aromatic carbocycles. The van der Waals surface area contributed by atoms with E-state index >= 15 is 0 Å². The molecule has 0 unspecified atom stereocenters. The van der Waals surface area contributed by atoms with Crippen molar-refractivity contribution in [3.63, 3.8) is 0 Å². The van der Waals surface area contributed by atoms with Crippen molar-refractivity contribution in [2.45, 2.75) is 25.8 Å². The Morgan fingerprint density at radius 2 is 2.22 bits per heavy atom. The number of aromatic nitrogens is 1. The number of anilines is 1. The van der Waals surface area contributed by atoms with Crippen molar-refractivity contribution in [1.29, 1.82) is 0 Å². The molecular weight excluding hydrogens is 230 g/mol. The lowest BCUT2D eigenvalue weighted by molar-refractivity contribution is 0.0696. The Bertz CT molecular complexity index is 386. The Morgan fingerprint density at radius 3 is 2.83 bits per heavy atom. The van der Waals surface area contributed by atoms with E-state index in [2.05, 4.69) is 15.6 Å². The van der Waals surface area contributed by atoms with E-state index in [9.17, 15) is 4.79 Å². The third kappa shape index (κ3) is 3.43. The van der Waals surface area contributed by atoms with E-state index < -0.39 is 0 Å². The van der Waals surface area contributed by atoms with E-state index in [1.165, 1.54) is 0 Å². The summed E-state index contributed by atoms with van der Waals surface area (Å²) < 4.78 is 5.26. The zero-order valence-corrected chi connectivity index (χ0v) is 10.6. The van der Waals surface area contributed by atoms with E-state index in [0.29, 0.717) is 5.56 Å². The number of ether oxygens (including phenoxy) is 1. The first-order valence-corrected chi connectivity index (χ1v) is 6.38. The molecule has 2 rings (SSSR count). The second-order valence-electron chi connectivity index (χ2n) is 4.32.